The number of carbonyl (C=O) groups excluding carboxylic acids is 1. The molecule has 1 amide bonds. The highest BCUT2D eigenvalue weighted by atomic mass is 19.1. The van der Waals surface area contributed by atoms with E-state index in [2.05, 4.69) is 10.3 Å². The highest BCUT2D eigenvalue weighted by molar-refractivity contribution is 5.81. The lowest BCUT2D eigenvalue weighted by atomic mass is 9.96. The summed E-state index contributed by atoms with van der Waals surface area (Å²) in [5.74, 6) is 0.379. The number of carbonyl (C=O) groups is 1. The van der Waals surface area contributed by atoms with Gasteiger partial charge < -0.3 is 10.1 Å². The first-order valence-corrected chi connectivity index (χ1v) is 7.01. The fourth-order valence-electron chi connectivity index (χ4n) is 1.67. The monoisotopic (exact) mass is 302 g/mol. The summed E-state index contributed by atoms with van der Waals surface area (Å²) < 4.78 is 18.5. The molecule has 0 aliphatic carbocycles. The van der Waals surface area contributed by atoms with Gasteiger partial charge in [0.05, 0.1) is 0 Å². The predicted octanol–water partition coefficient (Wildman–Crippen LogP) is 3.68. The number of nitrogens with one attached hydrogen (secondary N) is 1. The molecule has 0 fully saturated rings. The minimum Gasteiger partial charge on any atom is -0.439 e. The zero-order chi connectivity index (χ0) is 16.2. The minimum absolute atomic E-state index is 0.0208. The van der Waals surface area contributed by atoms with Crippen LogP contribution in [0.1, 0.15) is 26.3 Å². The number of halogens is 1. The fourth-order valence-corrected chi connectivity index (χ4v) is 1.67. The van der Waals surface area contributed by atoms with Crippen molar-refractivity contribution in [2.24, 2.45) is 5.41 Å². The van der Waals surface area contributed by atoms with Crippen LogP contribution in [0.15, 0.2) is 42.6 Å². The zero-order valence-corrected chi connectivity index (χ0v) is 12.9. The molecule has 2 rings (SSSR count). The lowest BCUT2D eigenvalue weighted by Crippen LogP contribution is -2.34. The van der Waals surface area contributed by atoms with Gasteiger partial charge in [0.1, 0.15) is 11.6 Å². The molecule has 0 aliphatic heterocycles. The summed E-state index contributed by atoms with van der Waals surface area (Å²) >= 11 is 0. The van der Waals surface area contributed by atoms with E-state index in [1.54, 1.807) is 24.4 Å². The van der Waals surface area contributed by atoms with Crippen LogP contribution in [0.25, 0.3) is 0 Å². The summed E-state index contributed by atoms with van der Waals surface area (Å²) in [7, 11) is 0. The Hall–Kier alpha value is -2.43. The van der Waals surface area contributed by atoms with Crippen molar-refractivity contribution in [2.45, 2.75) is 27.3 Å². The lowest BCUT2D eigenvalue weighted by Gasteiger charge is -2.17. The number of hydrogen-bond acceptors (Lipinski definition) is 3. The Bertz CT molecular complexity index is 648. The molecule has 0 spiro atoms. The van der Waals surface area contributed by atoms with Gasteiger partial charge in [-0.2, -0.15) is 0 Å². The first-order valence-electron chi connectivity index (χ1n) is 7.01. The number of pyridine rings is 1. The van der Waals surface area contributed by atoms with Crippen LogP contribution in [0.5, 0.6) is 11.6 Å². The molecule has 116 valence electrons. The third kappa shape index (κ3) is 4.55. The smallest absolute Gasteiger partial charge is 0.225 e. The molecule has 1 N–H and O–H groups in total. The maximum absolute atomic E-state index is 13.1. The number of nitrogens with zero attached hydrogens (tertiary/aromatic N) is 1. The van der Waals surface area contributed by atoms with Crippen molar-refractivity contribution in [2.75, 3.05) is 0 Å². The molecule has 1 aromatic heterocycles. The zero-order valence-electron chi connectivity index (χ0n) is 12.9. The highest BCUT2D eigenvalue weighted by Gasteiger charge is 2.20. The van der Waals surface area contributed by atoms with E-state index in [9.17, 15) is 9.18 Å². The molecule has 0 radical (unpaired) electrons. The van der Waals surface area contributed by atoms with Gasteiger partial charge >= 0.3 is 0 Å². The van der Waals surface area contributed by atoms with E-state index in [1.807, 2.05) is 26.8 Å². The van der Waals surface area contributed by atoms with Gasteiger partial charge in [0, 0.05) is 30.3 Å². The molecule has 22 heavy (non-hydrogen) atoms. The van der Waals surface area contributed by atoms with Gasteiger partial charge in [-0.3, -0.25) is 4.79 Å². The van der Waals surface area contributed by atoms with Crippen LogP contribution in [0.3, 0.4) is 0 Å². The number of aromatic nitrogens is 1. The molecule has 0 saturated heterocycles. The molecule has 2 aromatic rings. The van der Waals surface area contributed by atoms with Crippen LogP contribution < -0.4 is 10.1 Å². The molecule has 0 bridgehead atoms. The Morgan fingerprint density at radius 1 is 1.27 bits per heavy atom. The van der Waals surface area contributed by atoms with Crippen LogP contribution in [-0.2, 0) is 11.3 Å². The van der Waals surface area contributed by atoms with Crippen molar-refractivity contribution in [1.29, 1.82) is 0 Å². The van der Waals surface area contributed by atoms with Gasteiger partial charge in [-0.05, 0) is 17.7 Å². The summed E-state index contributed by atoms with van der Waals surface area (Å²) in [6.45, 7) is 5.98. The van der Waals surface area contributed by atoms with Crippen LogP contribution in [0.4, 0.5) is 4.39 Å². The minimum atomic E-state index is -0.423. The van der Waals surface area contributed by atoms with E-state index in [0.717, 1.165) is 5.56 Å². The summed E-state index contributed by atoms with van der Waals surface area (Å²) in [4.78, 5) is 15.9. The van der Waals surface area contributed by atoms with Crippen molar-refractivity contribution >= 4 is 5.91 Å². The largest absolute Gasteiger partial charge is 0.439 e. The maximum atomic E-state index is 13.1. The molecule has 0 unspecified atom stereocenters. The first-order chi connectivity index (χ1) is 10.3. The van der Waals surface area contributed by atoms with E-state index in [-0.39, 0.29) is 11.7 Å². The third-order valence-electron chi connectivity index (χ3n) is 2.95. The van der Waals surface area contributed by atoms with Gasteiger partial charge in [0.2, 0.25) is 11.8 Å². The quantitative estimate of drug-likeness (QED) is 0.937. The van der Waals surface area contributed by atoms with Crippen molar-refractivity contribution < 1.29 is 13.9 Å². The Kier molecular flexibility index (Phi) is 4.75. The van der Waals surface area contributed by atoms with Crippen LogP contribution in [0, 0.1) is 11.2 Å². The summed E-state index contributed by atoms with van der Waals surface area (Å²) in [5, 5.41) is 2.85. The van der Waals surface area contributed by atoms with Crippen molar-refractivity contribution in [3.8, 4) is 11.6 Å². The Balaban J connectivity index is 1.94. The third-order valence-corrected chi connectivity index (χ3v) is 2.95. The maximum Gasteiger partial charge on any atom is 0.225 e. The van der Waals surface area contributed by atoms with E-state index in [1.165, 1.54) is 12.1 Å². The Morgan fingerprint density at radius 3 is 2.64 bits per heavy atom. The van der Waals surface area contributed by atoms with Crippen molar-refractivity contribution in [3.05, 3.63) is 54.0 Å². The standard InChI is InChI=1S/C17H19FN2O2/c1-17(2,3)16(21)20-11-12-7-8-15(19-10-12)22-14-6-4-5-13(18)9-14/h4-10H,11H2,1-3H3,(H,20,21). The predicted molar refractivity (Wildman–Crippen MR) is 82.0 cm³/mol. The molecule has 0 atom stereocenters. The molecular weight excluding hydrogens is 283 g/mol. The summed E-state index contributed by atoms with van der Waals surface area (Å²) in [6, 6.07) is 9.36. The molecule has 0 aliphatic rings. The van der Waals surface area contributed by atoms with E-state index in [4.69, 9.17) is 4.74 Å². The molecule has 0 saturated carbocycles. The lowest BCUT2D eigenvalue weighted by molar-refractivity contribution is -0.128. The van der Waals surface area contributed by atoms with E-state index < -0.39 is 5.41 Å². The second kappa shape index (κ2) is 6.56. The van der Waals surface area contributed by atoms with Crippen LogP contribution >= 0.6 is 0 Å². The normalized spacial score (nSPS) is 11.1. The van der Waals surface area contributed by atoms with Crippen molar-refractivity contribution in [1.82, 2.24) is 10.3 Å². The fraction of sp³-hybridized carbons (Fsp3) is 0.294. The summed E-state index contributed by atoms with van der Waals surface area (Å²) in [6.07, 6.45) is 1.62. The molecule has 4 nitrogen and oxygen atoms in total. The van der Waals surface area contributed by atoms with E-state index >= 15 is 0 Å². The first kappa shape index (κ1) is 15.9. The van der Waals surface area contributed by atoms with E-state index in [0.29, 0.717) is 18.2 Å². The average molecular weight is 302 g/mol. The van der Waals surface area contributed by atoms with Gasteiger partial charge in [-0.15, -0.1) is 0 Å². The Morgan fingerprint density at radius 2 is 2.05 bits per heavy atom. The number of rotatable bonds is 4. The molecule has 5 heteroatoms. The topological polar surface area (TPSA) is 51.2 Å². The van der Waals surface area contributed by atoms with Gasteiger partial charge in [0.25, 0.3) is 0 Å². The van der Waals surface area contributed by atoms with Crippen LogP contribution in [0.2, 0.25) is 0 Å². The molecule has 1 heterocycles. The number of hydrogen-bond donors (Lipinski definition) is 1. The number of amides is 1. The second-order valence-electron chi connectivity index (χ2n) is 6.00. The second-order valence-corrected chi connectivity index (χ2v) is 6.00. The van der Waals surface area contributed by atoms with Crippen molar-refractivity contribution in [3.63, 3.8) is 0 Å². The number of benzene rings is 1. The SMILES string of the molecule is CC(C)(C)C(=O)NCc1ccc(Oc2cccc(F)c2)nc1. The molecule has 1 aromatic carbocycles. The van der Waals surface area contributed by atoms with Gasteiger partial charge in [-0.1, -0.05) is 32.9 Å². The summed E-state index contributed by atoms with van der Waals surface area (Å²) in [5.41, 5.74) is 0.442. The van der Waals surface area contributed by atoms with Gasteiger partial charge in [-0.25, -0.2) is 9.37 Å². The average Bonchev–Trinajstić information content (AvgIpc) is 2.45. The number of ether oxygens (including phenoxy) is 1. The Labute approximate surface area is 129 Å². The van der Waals surface area contributed by atoms with Crippen LogP contribution in [-0.4, -0.2) is 10.9 Å². The van der Waals surface area contributed by atoms with Gasteiger partial charge in [0.15, 0.2) is 0 Å². The molecular formula is C17H19FN2O2. The highest BCUT2D eigenvalue weighted by Crippen LogP contribution is 2.20.